The van der Waals surface area contributed by atoms with Gasteiger partial charge in [-0.2, -0.15) is 20.5 Å². The van der Waals surface area contributed by atoms with Gasteiger partial charge in [-0.15, -0.1) is 11.3 Å². The van der Waals surface area contributed by atoms with Crippen molar-refractivity contribution < 1.29 is 23.0 Å². The van der Waals surface area contributed by atoms with E-state index < -0.39 is 12.5 Å². The summed E-state index contributed by atoms with van der Waals surface area (Å²) < 4.78 is 34.9. The summed E-state index contributed by atoms with van der Waals surface area (Å²) in [4.78, 5) is 13.4. The van der Waals surface area contributed by atoms with Crippen molar-refractivity contribution in [1.82, 2.24) is 0 Å². The third-order valence-electron chi connectivity index (χ3n) is 4.08. The lowest BCUT2D eigenvalue weighted by atomic mass is 10.2. The number of hydrogen-bond acceptors (Lipinski definition) is 5. The Bertz CT molecular complexity index is 776. The molecule has 1 amide bonds. The third kappa shape index (κ3) is 5.92. The number of ether oxygens (including phenoxy) is 2. The van der Waals surface area contributed by atoms with Gasteiger partial charge in [-0.3, -0.25) is 4.79 Å². The summed E-state index contributed by atoms with van der Waals surface area (Å²) in [6, 6.07) is 9.05. The van der Waals surface area contributed by atoms with Crippen molar-refractivity contribution >= 4 is 34.7 Å². The quantitative estimate of drug-likeness (QED) is 0.667. The first kappa shape index (κ1) is 20.1. The maximum Gasteiger partial charge on any atom is 0.387 e. The van der Waals surface area contributed by atoms with Crippen LogP contribution in [0.15, 0.2) is 30.3 Å². The first-order valence-electron chi connectivity index (χ1n) is 8.66. The zero-order valence-electron chi connectivity index (χ0n) is 14.9. The number of rotatable bonds is 7. The molecular weight excluding hydrogens is 392 g/mol. The summed E-state index contributed by atoms with van der Waals surface area (Å²) in [5, 5.41) is 3.38. The first-order chi connectivity index (χ1) is 13.0. The van der Waals surface area contributed by atoms with Gasteiger partial charge < -0.3 is 14.8 Å². The van der Waals surface area contributed by atoms with E-state index in [2.05, 4.69) is 10.1 Å². The Balaban J connectivity index is 1.62. The number of amides is 1. The number of benzene rings is 1. The zero-order valence-corrected chi connectivity index (χ0v) is 16.5. The number of halogens is 2. The van der Waals surface area contributed by atoms with Crippen LogP contribution < -0.4 is 10.1 Å². The van der Waals surface area contributed by atoms with Crippen molar-refractivity contribution in [3.63, 3.8) is 0 Å². The minimum atomic E-state index is -2.96. The van der Waals surface area contributed by atoms with Crippen LogP contribution in [0.25, 0.3) is 0 Å². The van der Waals surface area contributed by atoms with Crippen LogP contribution in [-0.4, -0.2) is 31.0 Å². The van der Waals surface area contributed by atoms with Crippen LogP contribution in [0.2, 0.25) is 0 Å². The summed E-state index contributed by atoms with van der Waals surface area (Å²) in [7, 11) is 0. The van der Waals surface area contributed by atoms with E-state index in [0.29, 0.717) is 10.9 Å². The Hall–Kier alpha value is -1.64. The number of alkyl halides is 2. The third-order valence-corrected chi connectivity index (χ3v) is 6.56. The van der Waals surface area contributed by atoms with Gasteiger partial charge in [0.1, 0.15) is 10.6 Å². The molecule has 0 atom stereocenters. The molecule has 2 heterocycles. The Morgan fingerprint density at radius 2 is 2.15 bits per heavy atom. The summed E-state index contributed by atoms with van der Waals surface area (Å²) in [5.74, 6) is 0.320. The van der Waals surface area contributed by atoms with Crippen LogP contribution in [-0.2, 0) is 10.5 Å². The minimum Gasteiger partial charge on any atom is -0.433 e. The lowest BCUT2D eigenvalue weighted by molar-refractivity contribution is -0.0498. The second-order valence-corrected chi connectivity index (χ2v) is 8.75. The summed E-state index contributed by atoms with van der Waals surface area (Å²) >= 11 is 3.02. The number of carbonyl (C=O) groups excluding carboxylic acids is 1. The highest BCUT2D eigenvalue weighted by Gasteiger charge is 2.20. The van der Waals surface area contributed by atoms with Gasteiger partial charge in [-0.1, -0.05) is 12.1 Å². The van der Waals surface area contributed by atoms with Crippen LogP contribution in [0.5, 0.6) is 5.75 Å². The molecule has 4 nitrogen and oxygen atoms in total. The monoisotopic (exact) mass is 413 g/mol. The van der Waals surface area contributed by atoms with E-state index in [0.717, 1.165) is 53.6 Å². The maximum atomic E-state index is 12.5. The van der Waals surface area contributed by atoms with E-state index >= 15 is 0 Å². The molecule has 1 saturated heterocycles. The standard InChI is InChI=1S/C19H21F2NO3S2/c1-12-9-16(25-19(20)21)17(27-12)18(23)22-14-4-2-3-13(10-14)11-26-15-5-7-24-8-6-15/h2-4,9-10,15,19H,5-8,11H2,1H3,(H,22,23). The highest BCUT2D eigenvalue weighted by atomic mass is 32.2. The summed E-state index contributed by atoms with van der Waals surface area (Å²) in [5.41, 5.74) is 1.75. The Morgan fingerprint density at radius 3 is 2.89 bits per heavy atom. The molecule has 8 heteroatoms. The molecule has 2 aromatic rings. The van der Waals surface area contributed by atoms with Crippen LogP contribution in [0.1, 0.15) is 33.0 Å². The van der Waals surface area contributed by atoms with Crippen LogP contribution in [0.4, 0.5) is 14.5 Å². The van der Waals surface area contributed by atoms with E-state index in [-0.39, 0.29) is 10.6 Å². The highest BCUT2D eigenvalue weighted by molar-refractivity contribution is 7.99. The van der Waals surface area contributed by atoms with Gasteiger partial charge in [0.25, 0.3) is 5.91 Å². The van der Waals surface area contributed by atoms with Gasteiger partial charge in [-0.25, -0.2) is 0 Å². The molecule has 0 radical (unpaired) electrons. The fourth-order valence-electron chi connectivity index (χ4n) is 2.82. The molecular formula is C19H21F2NO3S2. The molecule has 0 aliphatic carbocycles. The van der Waals surface area contributed by atoms with Crippen LogP contribution in [0, 0.1) is 6.92 Å². The van der Waals surface area contributed by atoms with Crippen molar-refractivity contribution in [3.8, 4) is 5.75 Å². The average Bonchev–Trinajstić information content (AvgIpc) is 3.01. The topological polar surface area (TPSA) is 47.6 Å². The molecule has 1 N–H and O–H groups in total. The smallest absolute Gasteiger partial charge is 0.387 e. The number of thioether (sulfide) groups is 1. The van der Waals surface area contributed by atoms with E-state index in [9.17, 15) is 13.6 Å². The fourth-order valence-corrected chi connectivity index (χ4v) is 4.79. The lowest BCUT2D eigenvalue weighted by Gasteiger charge is -2.21. The molecule has 1 aromatic heterocycles. The number of thiophene rings is 1. The molecule has 1 aromatic carbocycles. The molecule has 0 bridgehead atoms. The van der Waals surface area contributed by atoms with Crippen molar-refractivity contribution in [2.24, 2.45) is 0 Å². The Kier molecular flexibility index (Phi) is 7.09. The van der Waals surface area contributed by atoms with Crippen molar-refractivity contribution in [2.45, 2.75) is 37.4 Å². The SMILES string of the molecule is Cc1cc(OC(F)F)c(C(=O)Nc2cccc(CSC3CCOCC3)c2)s1. The molecule has 1 aliphatic heterocycles. The normalized spacial score (nSPS) is 15.1. The summed E-state index contributed by atoms with van der Waals surface area (Å²) in [6.45, 7) is 0.415. The van der Waals surface area contributed by atoms with Crippen LogP contribution >= 0.6 is 23.1 Å². The molecule has 146 valence electrons. The number of nitrogens with one attached hydrogen (secondary N) is 1. The second kappa shape index (κ2) is 9.52. The van der Waals surface area contributed by atoms with Crippen LogP contribution in [0.3, 0.4) is 0 Å². The Morgan fingerprint density at radius 1 is 1.37 bits per heavy atom. The number of carbonyl (C=O) groups is 1. The highest BCUT2D eigenvalue weighted by Crippen LogP contribution is 2.31. The molecule has 27 heavy (non-hydrogen) atoms. The molecule has 0 unspecified atom stereocenters. The number of anilines is 1. The Labute approximate surface area is 165 Å². The largest absolute Gasteiger partial charge is 0.433 e. The molecule has 3 rings (SSSR count). The molecule has 1 aliphatic rings. The van der Waals surface area contributed by atoms with Crippen molar-refractivity contribution in [3.05, 3.63) is 45.6 Å². The van der Waals surface area contributed by atoms with E-state index in [1.165, 1.54) is 6.07 Å². The van der Waals surface area contributed by atoms with Crippen molar-refractivity contribution in [1.29, 1.82) is 0 Å². The predicted octanol–water partition coefficient (Wildman–Crippen LogP) is 5.32. The molecule has 0 spiro atoms. The van der Waals surface area contributed by atoms with Gasteiger partial charge >= 0.3 is 6.61 Å². The number of aryl methyl sites for hydroxylation is 1. The molecule has 0 saturated carbocycles. The van der Waals surface area contributed by atoms with E-state index in [1.54, 1.807) is 13.0 Å². The fraction of sp³-hybridized carbons (Fsp3) is 0.421. The maximum absolute atomic E-state index is 12.5. The van der Waals surface area contributed by atoms with E-state index in [1.807, 2.05) is 30.0 Å². The van der Waals surface area contributed by atoms with Gasteiger partial charge in [-0.05, 0) is 43.5 Å². The zero-order chi connectivity index (χ0) is 19.2. The second-order valence-electron chi connectivity index (χ2n) is 6.21. The lowest BCUT2D eigenvalue weighted by Crippen LogP contribution is -2.17. The number of hydrogen-bond donors (Lipinski definition) is 1. The van der Waals surface area contributed by atoms with Gasteiger partial charge in [0.05, 0.1) is 0 Å². The van der Waals surface area contributed by atoms with E-state index in [4.69, 9.17) is 4.74 Å². The summed E-state index contributed by atoms with van der Waals surface area (Å²) in [6.07, 6.45) is 2.12. The minimum absolute atomic E-state index is 0.0868. The predicted molar refractivity (Wildman–Crippen MR) is 105 cm³/mol. The molecule has 1 fully saturated rings. The van der Waals surface area contributed by atoms with Gasteiger partial charge in [0.15, 0.2) is 0 Å². The van der Waals surface area contributed by atoms with Crippen molar-refractivity contribution in [2.75, 3.05) is 18.5 Å². The van der Waals surface area contributed by atoms with Gasteiger partial charge in [0.2, 0.25) is 0 Å². The van der Waals surface area contributed by atoms with Gasteiger partial charge in [0, 0.05) is 34.8 Å². The average molecular weight is 414 g/mol. The first-order valence-corrected chi connectivity index (χ1v) is 10.5.